The maximum atomic E-state index is 12.2. The van der Waals surface area contributed by atoms with E-state index in [9.17, 15) is 9.90 Å². The van der Waals surface area contributed by atoms with Gasteiger partial charge in [0, 0.05) is 17.2 Å². The van der Waals surface area contributed by atoms with E-state index in [4.69, 9.17) is 4.74 Å². The lowest BCUT2D eigenvalue weighted by Crippen LogP contribution is -2.21. The van der Waals surface area contributed by atoms with Crippen LogP contribution in [0.2, 0.25) is 0 Å². The van der Waals surface area contributed by atoms with Crippen molar-refractivity contribution in [3.63, 3.8) is 0 Å². The Labute approximate surface area is 119 Å². The Balaban J connectivity index is 1.65. The van der Waals surface area contributed by atoms with Gasteiger partial charge < -0.3 is 15.2 Å². The van der Waals surface area contributed by atoms with E-state index in [0.29, 0.717) is 17.9 Å². The Kier molecular flexibility index (Phi) is 3.66. The fraction of sp³-hybridized carbons (Fsp3) is 0.562. The number of hydrogen-bond acceptors (Lipinski definition) is 3. The van der Waals surface area contributed by atoms with E-state index in [2.05, 4.69) is 5.32 Å². The Morgan fingerprint density at radius 1 is 1.35 bits per heavy atom. The lowest BCUT2D eigenvalue weighted by Gasteiger charge is -2.14. The molecule has 2 unspecified atom stereocenters. The van der Waals surface area contributed by atoms with Gasteiger partial charge in [0.15, 0.2) is 0 Å². The zero-order chi connectivity index (χ0) is 14.1. The Morgan fingerprint density at radius 2 is 2.10 bits per heavy atom. The fourth-order valence-corrected chi connectivity index (χ4v) is 3.25. The normalized spacial score (nSPS) is 27.0. The molecule has 1 amide bonds. The summed E-state index contributed by atoms with van der Waals surface area (Å²) >= 11 is 0. The number of fused-ring (bicyclic) bond motifs is 1. The molecule has 4 heteroatoms. The van der Waals surface area contributed by atoms with Crippen LogP contribution < -0.4 is 10.1 Å². The van der Waals surface area contributed by atoms with Crippen molar-refractivity contribution in [3.05, 3.63) is 23.8 Å². The first-order valence-electron chi connectivity index (χ1n) is 7.38. The molecular formula is C16H21NO3. The molecule has 0 aromatic heterocycles. The molecule has 2 atom stereocenters. The summed E-state index contributed by atoms with van der Waals surface area (Å²) in [5, 5.41) is 12.3. The Morgan fingerprint density at radius 3 is 2.75 bits per heavy atom. The number of carbonyl (C=O) groups excluding carboxylic acids is 1. The zero-order valence-corrected chi connectivity index (χ0v) is 11.8. The smallest absolute Gasteiger partial charge is 0.227 e. The average Bonchev–Trinajstić information content (AvgIpc) is 3.07. The maximum absolute atomic E-state index is 12.2. The first-order valence-corrected chi connectivity index (χ1v) is 7.38. The number of hydrogen-bond donors (Lipinski definition) is 2. The molecule has 1 aromatic carbocycles. The quantitative estimate of drug-likeness (QED) is 0.868. The molecule has 0 spiro atoms. The van der Waals surface area contributed by atoms with Gasteiger partial charge in [-0.15, -0.1) is 0 Å². The molecule has 2 saturated carbocycles. The van der Waals surface area contributed by atoms with Gasteiger partial charge in [-0.2, -0.15) is 0 Å². The summed E-state index contributed by atoms with van der Waals surface area (Å²) in [6.45, 7) is 2.37. The minimum Gasteiger partial charge on any atom is -0.494 e. The predicted octanol–water partition coefficient (Wildman–Crippen LogP) is 2.56. The molecule has 2 fully saturated rings. The van der Waals surface area contributed by atoms with Crippen molar-refractivity contribution in [3.8, 4) is 5.75 Å². The fourth-order valence-electron chi connectivity index (χ4n) is 3.25. The van der Waals surface area contributed by atoms with Crippen molar-refractivity contribution in [2.45, 2.75) is 32.8 Å². The Hall–Kier alpha value is -1.55. The van der Waals surface area contributed by atoms with Crippen molar-refractivity contribution in [1.29, 1.82) is 0 Å². The molecule has 1 aromatic rings. The van der Waals surface area contributed by atoms with E-state index >= 15 is 0 Å². The van der Waals surface area contributed by atoms with Gasteiger partial charge in [-0.3, -0.25) is 4.79 Å². The highest BCUT2D eigenvalue weighted by atomic mass is 16.5. The summed E-state index contributed by atoms with van der Waals surface area (Å²) in [6.07, 6.45) is 3.41. The molecular weight excluding hydrogens is 254 g/mol. The van der Waals surface area contributed by atoms with Crippen LogP contribution in [-0.2, 0) is 11.4 Å². The molecule has 0 saturated heterocycles. The molecule has 3 rings (SSSR count). The van der Waals surface area contributed by atoms with Crippen LogP contribution in [0.5, 0.6) is 5.75 Å². The minimum absolute atomic E-state index is 0.0907. The molecule has 0 aliphatic heterocycles. The van der Waals surface area contributed by atoms with Gasteiger partial charge in [0.05, 0.1) is 13.2 Å². The second-order valence-electron chi connectivity index (χ2n) is 5.83. The van der Waals surface area contributed by atoms with Crippen LogP contribution in [0.4, 0.5) is 5.69 Å². The molecule has 0 radical (unpaired) electrons. The molecule has 108 valence electrons. The maximum Gasteiger partial charge on any atom is 0.227 e. The van der Waals surface area contributed by atoms with Gasteiger partial charge in [-0.25, -0.2) is 0 Å². The van der Waals surface area contributed by atoms with Crippen LogP contribution in [-0.4, -0.2) is 17.6 Å². The minimum atomic E-state index is -0.0907. The van der Waals surface area contributed by atoms with Crippen LogP contribution in [0.15, 0.2) is 18.2 Å². The van der Waals surface area contributed by atoms with Gasteiger partial charge in [-0.1, -0.05) is 0 Å². The van der Waals surface area contributed by atoms with Gasteiger partial charge in [-0.05, 0) is 56.2 Å². The summed E-state index contributed by atoms with van der Waals surface area (Å²) in [5.41, 5.74) is 1.45. The van der Waals surface area contributed by atoms with Crippen LogP contribution in [0.1, 0.15) is 31.7 Å². The van der Waals surface area contributed by atoms with Crippen molar-refractivity contribution >= 4 is 11.6 Å². The van der Waals surface area contributed by atoms with E-state index in [1.807, 2.05) is 13.0 Å². The van der Waals surface area contributed by atoms with Gasteiger partial charge in [0.25, 0.3) is 0 Å². The molecule has 0 bridgehead atoms. The second kappa shape index (κ2) is 5.44. The monoisotopic (exact) mass is 275 g/mol. The number of aliphatic hydroxyl groups excluding tert-OH is 1. The van der Waals surface area contributed by atoms with E-state index in [1.54, 1.807) is 12.1 Å². The van der Waals surface area contributed by atoms with Crippen molar-refractivity contribution in [2.24, 2.45) is 17.8 Å². The lowest BCUT2D eigenvalue weighted by molar-refractivity contribution is -0.120. The van der Waals surface area contributed by atoms with Gasteiger partial charge in [0.1, 0.15) is 5.75 Å². The zero-order valence-electron chi connectivity index (χ0n) is 11.8. The van der Waals surface area contributed by atoms with E-state index in [1.165, 1.54) is 6.42 Å². The molecule has 4 nitrogen and oxygen atoms in total. The Bertz CT molecular complexity index is 504. The largest absolute Gasteiger partial charge is 0.494 e. The third-order valence-corrected chi connectivity index (χ3v) is 4.41. The SMILES string of the molecule is CCOc1ccc(NC(=O)C2CC3CC3C2)cc1CO. The standard InChI is InChI=1S/C16H21NO3/c1-2-20-15-4-3-14(8-13(15)9-18)17-16(19)12-6-10-5-11(10)7-12/h3-4,8,10-12,18H,2,5-7,9H2,1H3,(H,17,19). The molecule has 2 aliphatic carbocycles. The number of ether oxygens (including phenoxy) is 1. The predicted molar refractivity (Wildman–Crippen MR) is 76.5 cm³/mol. The number of anilines is 1. The summed E-state index contributed by atoms with van der Waals surface area (Å²) in [7, 11) is 0. The number of amides is 1. The van der Waals surface area contributed by atoms with Crippen molar-refractivity contribution in [1.82, 2.24) is 0 Å². The lowest BCUT2D eigenvalue weighted by atomic mass is 10.0. The molecule has 2 N–H and O–H groups in total. The number of rotatable bonds is 5. The number of carbonyl (C=O) groups is 1. The highest BCUT2D eigenvalue weighted by molar-refractivity contribution is 5.93. The van der Waals surface area contributed by atoms with Gasteiger partial charge >= 0.3 is 0 Å². The van der Waals surface area contributed by atoms with Crippen LogP contribution in [0.3, 0.4) is 0 Å². The number of benzene rings is 1. The summed E-state index contributed by atoms with van der Waals surface area (Å²) in [4.78, 5) is 12.2. The van der Waals surface area contributed by atoms with E-state index in [-0.39, 0.29) is 18.4 Å². The van der Waals surface area contributed by atoms with E-state index in [0.717, 1.165) is 30.4 Å². The van der Waals surface area contributed by atoms with Crippen molar-refractivity contribution in [2.75, 3.05) is 11.9 Å². The summed E-state index contributed by atoms with van der Waals surface area (Å²) in [6, 6.07) is 5.42. The van der Waals surface area contributed by atoms with Crippen molar-refractivity contribution < 1.29 is 14.6 Å². The third kappa shape index (κ3) is 2.66. The average molecular weight is 275 g/mol. The molecule has 2 aliphatic rings. The highest BCUT2D eigenvalue weighted by Crippen LogP contribution is 2.54. The van der Waals surface area contributed by atoms with Gasteiger partial charge in [0.2, 0.25) is 5.91 Å². The number of aliphatic hydroxyl groups is 1. The topological polar surface area (TPSA) is 58.6 Å². The number of nitrogens with one attached hydrogen (secondary N) is 1. The highest BCUT2D eigenvalue weighted by Gasteiger charge is 2.47. The first kappa shape index (κ1) is 13.4. The van der Waals surface area contributed by atoms with Crippen LogP contribution >= 0.6 is 0 Å². The van der Waals surface area contributed by atoms with Crippen LogP contribution in [0, 0.1) is 17.8 Å². The third-order valence-electron chi connectivity index (χ3n) is 4.41. The molecule has 20 heavy (non-hydrogen) atoms. The van der Waals surface area contributed by atoms with Crippen LogP contribution in [0.25, 0.3) is 0 Å². The first-order chi connectivity index (χ1) is 9.71. The second-order valence-corrected chi connectivity index (χ2v) is 5.83. The summed E-state index contributed by atoms with van der Waals surface area (Å²) in [5.74, 6) is 2.57. The van der Waals surface area contributed by atoms with E-state index < -0.39 is 0 Å². The molecule has 0 heterocycles. The summed E-state index contributed by atoms with van der Waals surface area (Å²) < 4.78 is 5.43.